The first kappa shape index (κ1) is 15.3. The third-order valence-electron chi connectivity index (χ3n) is 2.53. The van der Waals surface area contributed by atoms with Crippen LogP contribution in [-0.4, -0.2) is 4.92 Å². The summed E-state index contributed by atoms with van der Waals surface area (Å²) in [6, 6.07) is 8.19. The van der Waals surface area contributed by atoms with Gasteiger partial charge in [0.15, 0.2) is 0 Å². The van der Waals surface area contributed by atoms with Gasteiger partial charge in [0, 0.05) is 12.1 Å². The van der Waals surface area contributed by atoms with Gasteiger partial charge in [0.25, 0.3) is 5.69 Å². The zero-order chi connectivity index (χ0) is 15.6. The lowest BCUT2D eigenvalue weighted by molar-refractivity contribution is -0.384. The minimum absolute atomic E-state index is 0.103. The Bertz CT molecular complexity index is 671. The second-order valence-electron chi connectivity index (χ2n) is 4.00. The predicted molar refractivity (Wildman–Crippen MR) is 72.3 cm³/mol. The zero-order valence-electron chi connectivity index (χ0n) is 10.2. The summed E-state index contributed by atoms with van der Waals surface area (Å²) in [7, 11) is 0. The van der Waals surface area contributed by atoms with Crippen molar-refractivity contribution in [1.82, 2.24) is 0 Å². The summed E-state index contributed by atoms with van der Waals surface area (Å²) in [6.45, 7) is 0. The van der Waals surface area contributed by atoms with E-state index >= 15 is 0 Å². The predicted octanol–water partition coefficient (Wildman–Crippen LogP) is 5.17. The molecule has 0 aliphatic heterocycles. The molecule has 0 atom stereocenters. The summed E-state index contributed by atoms with van der Waals surface area (Å²) in [6.07, 6.45) is -4.44. The van der Waals surface area contributed by atoms with E-state index in [-0.39, 0.29) is 21.7 Å². The van der Waals surface area contributed by atoms with Gasteiger partial charge in [-0.05, 0) is 46.3 Å². The number of rotatable bonds is 3. The molecular formula is C13H7BrF3NO3. The van der Waals surface area contributed by atoms with Gasteiger partial charge in [0.1, 0.15) is 11.5 Å². The molecule has 0 amide bonds. The molecule has 0 bridgehead atoms. The van der Waals surface area contributed by atoms with Crippen LogP contribution in [0.5, 0.6) is 11.5 Å². The zero-order valence-corrected chi connectivity index (χ0v) is 11.8. The Morgan fingerprint density at radius 2 is 1.71 bits per heavy atom. The van der Waals surface area contributed by atoms with Crippen LogP contribution in [0.4, 0.5) is 18.9 Å². The van der Waals surface area contributed by atoms with Crippen molar-refractivity contribution in [2.75, 3.05) is 0 Å². The SMILES string of the molecule is O=[N+]([O-])c1ccc(Oc2ccc(C(F)(F)F)cc2Br)cc1. The Balaban J connectivity index is 2.22. The van der Waals surface area contributed by atoms with Gasteiger partial charge >= 0.3 is 6.18 Å². The lowest BCUT2D eigenvalue weighted by atomic mass is 10.2. The molecule has 0 aliphatic carbocycles. The summed E-state index contributed by atoms with van der Waals surface area (Å²) in [5.41, 5.74) is -0.903. The Morgan fingerprint density at radius 1 is 1.10 bits per heavy atom. The van der Waals surface area contributed by atoms with Crippen LogP contribution in [0.1, 0.15) is 5.56 Å². The van der Waals surface area contributed by atoms with Crippen LogP contribution in [0.3, 0.4) is 0 Å². The lowest BCUT2D eigenvalue weighted by Gasteiger charge is -2.11. The van der Waals surface area contributed by atoms with E-state index in [2.05, 4.69) is 15.9 Å². The molecule has 8 heteroatoms. The van der Waals surface area contributed by atoms with E-state index in [9.17, 15) is 23.3 Å². The molecule has 2 aromatic rings. The molecule has 110 valence electrons. The van der Waals surface area contributed by atoms with Gasteiger partial charge in [-0.2, -0.15) is 13.2 Å². The molecule has 0 fully saturated rings. The van der Waals surface area contributed by atoms with Gasteiger partial charge in [-0.15, -0.1) is 0 Å². The fourth-order valence-corrected chi connectivity index (χ4v) is 1.98. The van der Waals surface area contributed by atoms with Crippen molar-refractivity contribution in [2.24, 2.45) is 0 Å². The molecule has 0 saturated carbocycles. The number of alkyl halides is 3. The molecule has 0 radical (unpaired) electrons. The number of nitro benzene ring substituents is 1. The highest BCUT2D eigenvalue weighted by Crippen LogP contribution is 2.36. The average molecular weight is 362 g/mol. The number of non-ortho nitro benzene ring substituents is 1. The number of hydrogen-bond acceptors (Lipinski definition) is 3. The Kier molecular flexibility index (Phi) is 4.17. The molecule has 4 nitrogen and oxygen atoms in total. The van der Waals surface area contributed by atoms with Crippen molar-refractivity contribution in [3.63, 3.8) is 0 Å². The monoisotopic (exact) mass is 361 g/mol. The Labute approximate surface area is 125 Å². The number of halogens is 4. The van der Waals surface area contributed by atoms with Gasteiger partial charge in [-0.25, -0.2) is 0 Å². The maximum Gasteiger partial charge on any atom is 0.416 e. The van der Waals surface area contributed by atoms with Crippen molar-refractivity contribution in [3.8, 4) is 11.5 Å². The third-order valence-corrected chi connectivity index (χ3v) is 3.15. The highest BCUT2D eigenvalue weighted by Gasteiger charge is 2.31. The van der Waals surface area contributed by atoms with E-state index in [4.69, 9.17) is 4.74 Å². The molecule has 0 N–H and O–H groups in total. The molecule has 2 rings (SSSR count). The maximum atomic E-state index is 12.5. The van der Waals surface area contributed by atoms with Crippen LogP contribution in [0.15, 0.2) is 46.9 Å². The summed E-state index contributed by atoms with van der Waals surface area (Å²) in [4.78, 5) is 9.95. The van der Waals surface area contributed by atoms with Crippen LogP contribution in [0.2, 0.25) is 0 Å². The van der Waals surface area contributed by atoms with Crippen LogP contribution >= 0.6 is 15.9 Å². The highest BCUT2D eigenvalue weighted by atomic mass is 79.9. The van der Waals surface area contributed by atoms with Crippen LogP contribution in [0, 0.1) is 10.1 Å². The Morgan fingerprint density at radius 3 is 2.19 bits per heavy atom. The van der Waals surface area contributed by atoms with Gasteiger partial charge in [0.2, 0.25) is 0 Å². The average Bonchev–Trinajstić information content (AvgIpc) is 2.40. The summed E-state index contributed by atoms with van der Waals surface area (Å²) >= 11 is 3.00. The first-order valence-corrected chi connectivity index (χ1v) is 6.36. The minimum atomic E-state index is -4.44. The molecule has 0 heterocycles. The van der Waals surface area contributed by atoms with Crippen LogP contribution in [0.25, 0.3) is 0 Å². The number of nitrogens with zero attached hydrogens (tertiary/aromatic N) is 1. The van der Waals surface area contributed by atoms with Gasteiger partial charge in [0.05, 0.1) is 15.0 Å². The maximum absolute atomic E-state index is 12.5. The van der Waals surface area contributed by atoms with E-state index in [1.165, 1.54) is 30.3 Å². The number of ether oxygens (including phenoxy) is 1. The summed E-state index contributed by atoms with van der Waals surface area (Å²) < 4.78 is 43.1. The number of benzene rings is 2. The third kappa shape index (κ3) is 3.72. The number of nitro groups is 1. The van der Waals surface area contributed by atoms with E-state index < -0.39 is 16.7 Å². The molecule has 0 aromatic heterocycles. The molecule has 2 aromatic carbocycles. The molecular weight excluding hydrogens is 355 g/mol. The standard InChI is InChI=1S/C13H7BrF3NO3/c14-11-7-8(13(15,16)17)1-6-12(11)21-10-4-2-9(3-5-10)18(19)20/h1-7H. The van der Waals surface area contributed by atoms with E-state index in [1.807, 2.05) is 0 Å². The molecule has 0 aliphatic rings. The first-order valence-electron chi connectivity index (χ1n) is 5.56. The molecule has 0 spiro atoms. The molecule has 21 heavy (non-hydrogen) atoms. The lowest BCUT2D eigenvalue weighted by Crippen LogP contribution is -2.04. The normalized spacial score (nSPS) is 11.2. The van der Waals surface area contributed by atoms with Crippen molar-refractivity contribution >= 4 is 21.6 Å². The van der Waals surface area contributed by atoms with Crippen molar-refractivity contribution < 1.29 is 22.8 Å². The summed E-state index contributed by atoms with van der Waals surface area (Å²) in [5.74, 6) is 0.456. The van der Waals surface area contributed by atoms with Gasteiger partial charge < -0.3 is 4.74 Å². The smallest absolute Gasteiger partial charge is 0.416 e. The Hall–Kier alpha value is -2.09. The van der Waals surface area contributed by atoms with Gasteiger partial charge in [-0.1, -0.05) is 0 Å². The van der Waals surface area contributed by atoms with E-state index in [0.717, 1.165) is 12.1 Å². The topological polar surface area (TPSA) is 52.4 Å². The minimum Gasteiger partial charge on any atom is -0.456 e. The van der Waals surface area contributed by atoms with Crippen LogP contribution < -0.4 is 4.74 Å². The summed E-state index contributed by atoms with van der Waals surface area (Å²) in [5, 5.41) is 10.5. The molecule has 0 unspecified atom stereocenters. The van der Waals surface area contributed by atoms with Crippen molar-refractivity contribution in [1.29, 1.82) is 0 Å². The van der Waals surface area contributed by atoms with E-state index in [0.29, 0.717) is 0 Å². The fourth-order valence-electron chi connectivity index (χ4n) is 1.52. The first-order chi connectivity index (χ1) is 9.77. The van der Waals surface area contributed by atoms with Gasteiger partial charge in [-0.3, -0.25) is 10.1 Å². The van der Waals surface area contributed by atoms with E-state index in [1.54, 1.807) is 0 Å². The second kappa shape index (κ2) is 5.72. The number of hydrogen-bond donors (Lipinski definition) is 0. The van der Waals surface area contributed by atoms with Crippen molar-refractivity contribution in [2.45, 2.75) is 6.18 Å². The second-order valence-corrected chi connectivity index (χ2v) is 4.85. The van der Waals surface area contributed by atoms with Crippen molar-refractivity contribution in [3.05, 3.63) is 62.6 Å². The highest BCUT2D eigenvalue weighted by molar-refractivity contribution is 9.10. The fraction of sp³-hybridized carbons (Fsp3) is 0.0769. The molecule has 0 saturated heterocycles. The quantitative estimate of drug-likeness (QED) is 0.559. The van der Waals surface area contributed by atoms with Crippen LogP contribution in [-0.2, 0) is 6.18 Å². The largest absolute Gasteiger partial charge is 0.456 e.